The van der Waals surface area contributed by atoms with Gasteiger partial charge in [0.15, 0.2) is 0 Å². The van der Waals surface area contributed by atoms with E-state index >= 15 is 0 Å². The molecular weight excluding hydrogens is 310 g/mol. The number of anilines is 1. The van der Waals surface area contributed by atoms with Crippen molar-refractivity contribution in [2.45, 2.75) is 6.92 Å². The Kier molecular flexibility index (Phi) is 4.34. The fourth-order valence-electron chi connectivity index (χ4n) is 1.98. The van der Waals surface area contributed by atoms with Crippen molar-refractivity contribution >= 4 is 22.9 Å². The van der Waals surface area contributed by atoms with Crippen molar-refractivity contribution < 1.29 is 9.53 Å². The maximum atomic E-state index is 12.2. The first kappa shape index (κ1) is 15.2. The fourth-order valence-corrected chi connectivity index (χ4v) is 2.78. The molecule has 5 nitrogen and oxygen atoms in total. The molecule has 0 spiro atoms. The molecule has 0 aliphatic carbocycles. The van der Waals surface area contributed by atoms with Crippen molar-refractivity contribution in [3.8, 4) is 16.5 Å². The van der Waals surface area contributed by atoms with Crippen molar-refractivity contribution in [1.29, 1.82) is 0 Å². The van der Waals surface area contributed by atoms with Crippen molar-refractivity contribution in [2.75, 3.05) is 12.4 Å². The minimum Gasteiger partial charge on any atom is -0.481 e. The van der Waals surface area contributed by atoms with Crippen LogP contribution in [0.5, 0.6) is 5.88 Å². The summed E-state index contributed by atoms with van der Waals surface area (Å²) in [5, 5.41) is 5.34. The molecule has 0 saturated heterocycles. The molecule has 0 unspecified atom stereocenters. The molecular formula is C17H15N3O2S. The topological polar surface area (TPSA) is 64.1 Å². The zero-order chi connectivity index (χ0) is 16.2. The minimum absolute atomic E-state index is 0.258. The van der Waals surface area contributed by atoms with Gasteiger partial charge in [0.25, 0.3) is 5.91 Å². The Hall–Kier alpha value is -2.73. The van der Waals surface area contributed by atoms with Gasteiger partial charge in [0, 0.05) is 17.0 Å². The van der Waals surface area contributed by atoms with Gasteiger partial charge in [-0.25, -0.2) is 9.97 Å². The van der Waals surface area contributed by atoms with Crippen LogP contribution in [0, 0.1) is 6.92 Å². The highest BCUT2D eigenvalue weighted by atomic mass is 32.1. The van der Waals surface area contributed by atoms with E-state index in [9.17, 15) is 4.79 Å². The van der Waals surface area contributed by atoms with Gasteiger partial charge >= 0.3 is 0 Å². The largest absolute Gasteiger partial charge is 0.481 e. The zero-order valence-electron chi connectivity index (χ0n) is 12.7. The number of amides is 1. The standard InChI is InChI=1S/C17H15N3O2S/c1-11-3-5-12(6-4-11)17-20-14(10-23-17)16(21)19-13-7-8-15(22-2)18-9-13/h3-10H,1-2H3,(H,19,21). The predicted molar refractivity (Wildman–Crippen MR) is 91.0 cm³/mol. The Balaban J connectivity index is 1.74. The SMILES string of the molecule is COc1ccc(NC(=O)c2csc(-c3ccc(C)cc3)n2)cn1. The number of rotatable bonds is 4. The number of hydrogen-bond donors (Lipinski definition) is 1. The molecule has 3 aromatic rings. The number of nitrogens with zero attached hydrogens (tertiary/aromatic N) is 2. The minimum atomic E-state index is -0.258. The average molecular weight is 325 g/mol. The summed E-state index contributed by atoms with van der Waals surface area (Å²) >= 11 is 1.45. The van der Waals surface area contributed by atoms with E-state index in [-0.39, 0.29) is 5.91 Å². The number of ether oxygens (including phenoxy) is 1. The molecule has 1 aromatic carbocycles. The van der Waals surface area contributed by atoms with E-state index in [1.54, 1.807) is 30.8 Å². The lowest BCUT2D eigenvalue weighted by molar-refractivity contribution is 0.102. The monoisotopic (exact) mass is 325 g/mol. The second-order valence-electron chi connectivity index (χ2n) is 4.95. The summed E-state index contributed by atoms with van der Waals surface area (Å²) < 4.78 is 4.98. The number of aryl methyl sites for hydroxylation is 1. The van der Waals surface area contributed by atoms with E-state index in [4.69, 9.17) is 4.74 Å². The summed E-state index contributed by atoms with van der Waals surface area (Å²) in [6.07, 6.45) is 1.55. The van der Waals surface area contributed by atoms with Gasteiger partial charge in [-0.3, -0.25) is 4.79 Å². The smallest absolute Gasteiger partial charge is 0.275 e. The number of carbonyl (C=O) groups excluding carboxylic acids is 1. The van der Waals surface area contributed by atoms with Gasteiger partial charge in [-0.1, -0.05) is 29.8 Å². The number of aromatic nitrogens is 2. The Bertz CT molecular complexity index is 811. The molecule has 0 radical (unpaired) electrons. The summed E-state index contributed by atoms with van der Waals surface area (Å²) in [5.41, 5.74) is 3.18. The lowest BCUT2D eigenvalue weighted by Gasteiger charge is -2.03. The average Bonchev–Trinajstić information content (AvgIpc) is 3.06. The zero-order valence-corrected chi connectivity index (χ0v) is 13.6. The van der Waals surface area contributed by atoms with E-state index in [0.29, 0.717) is 17.3 Å². The quantitative estimate of drug-likeness (QED) is 0.793. The Labute approximate surface area is 138 Å². The summed E-state index contributed by atoms with van der Waals surface area (Å²) in [6.45, 7) is 2.04. The van der Waals surface area contributed by atoms with Crippen LogP contribution in [0.1, 0.15) is 16.1 Å². The Morgan fingerprint density at radius 1 is 1.17 bits per heavy atom. The fraction of sp³-hybridized carbons (Fsp3) is 0.118. The molecule has 0 aliphatic heterocycles. The van der Waals surface area contributed by atoms with Crippen LogP contribution in [-0.4, -0.2) is 23.0 Å². The normalized spacial score (nSPS) is 10.3. The summed E-state index contributed by atoms with van der Waals surface area (Å²) in [5.74, 6) is 0.241. The third-order valence-electron chi connectivity index (χ3n) is 3.24. The number of methoxy groups -OCH3 is 1. The molecule has 0 aliphatic rings. The molecule has 3 rings (SSSR count). The molecule has 2 aromatic heterocycles. The van der Waals surface area contributed by atoms with Crippen LogP contribution >= 0.6 is 11.3 Å². The number of thiazole rings is 1. The maximum Gasteiger partial charge on any atom is 0.275 e. The molecule has 1 N–H and O–H groups in total. The number of benzene rings is 1. The molecule has 23 heavy (non-hydrogen) atoms. The Morgan fingerprint density at radius 3 is 2.61 bits per heavy atom. The van der Waals surface area contributed by atoms with Crippen LogP contribution in [-0.2, 0) is 0 Å². The Morgan fingerprint density at radius 2 is 1.96 bits per heavy atom. The third kappa shape index (κ3) is 3.54. The number of hydrogen-bond acceptors (Lipinski definition) is 5. The molecule has 2 heterocycles. The highest BCUT2D eigenvalue weighted by Crippen LogP contribution is 2.24. The van der Waals surface area contributed by atoms with E-state index in [0.717, 1.165) is 10.6 Å². The molecule has 1 amide bonds. The summed E-state index contributed by atoms with van der Waals surface area (Å²) in [4.78, 5) is 20.7. The van der Waals surface area contributed by atoms with Gasteiger partial charge in [-0.2, -0.15) is 0 Å². The lowest BCUT2D eigenvalue weighted by atomic mass is 10.2. The highest BCUT2D eigenvalue weighted by molar-refractivity contribution is 7.13. The van der Waals surface area contributed by atoms with Gasteiger partial charge in [0.2, 0.25) is 5.88 Å². The first-order valence-corrected chi connectivity index (χ1v) is 7.87. The molecule has 0 atom stereocenters. The van der Waals surface area contributed by atoms with Crippen LogP contribution in [0.15, 0.2) is 48.0 Å². The second-order valence-corrected chi connectivity index (χ2v) is 5.81. The maximum absolute atomic E-state index is 12.2. The van der Waals surface area contributed by atoms with E-state index in [1.807, 2.05) is 31.2 Å². The number of carbonyl (C=O) groups is 1. The molecule has 0 saturated carbocycles. The molecule has 116 valence electrons. The van der Waals surface area contributed by atoms with Gasteiger partial charge in [0.1, 0.15) is 10.7 Å². The molecule has 0 fully saturated rings. The predicted octanol–water partition coefficient (Wildman–Crippen LogP) is 3.77. The van der Waals surface area contributed by atoms with Gasteiger partial charge in [0.05, 0.1) is 19.0 Å². The van der Waals surface area contributed by atoms with E-state index < -0.39 is 0 Å². The first-order chi connectivity index (χ1) is 11.2. The number of nitrogens with one attached hydrogen (secondary N) is 1. The van der Waals surface area contributed by atoms with Crippen LogP contribution < -0.4 is 10.1 Å². The third-order valence-corrected chi connectivity index (χ3v) is 4.13. The van der Waals surface area contributed by atoms with Crippen LogP contribution in [0.25, 0.3) is 10.6 Å². The summed E-state index contributed by atoms with van der Waals surface area (Å²) in [7, 11) is 1.54. The van der Waals surface area contributed by atoms with Gasteiger partial charge in [-0.15, -0.1) is 11.3 Å². The van der Waals surface area contributed by atoms with Crippen molar-refractivity contribution in [3.63, 3.8) is 0 Å². The van der Waals surface area contributed by atoms with E-state index in [2.05, 4.69) is 15.3 Å². The lowest BCUT2D eigenvalue weighted by Crippen LogP contribution is -2.12. The van der Waals surface area contributed by atoms with Crippen LogP contribution in [0.2, 0.25) is 0 Å². The van der Waals surface area contributed by atoms with Crippen LogP contribution in [0.3, 0.4) is 0 Å². The van der Waals surface area contributed by atoms with Crippen molar-refractivity contribution in [1.82, 2.24) is 9.97 Å². The van der Waals surface area contributed by atoms with Crippen molar-refractivity contribution in [3.05, 3.63) is 59.2 Å². The molecule has 0 bridgehead atoms. The van der Waals surface area contributed by atoms with Gasteiger partial charge in [-0.05, 0) is 13.0 Å². The molecule has 6 heteroatoms. The van der Waals surface area contributed by atoms with Crippen molar-refractivity contribution in [2.24, 2.45) is 0 Å². The first-order valence-electron chi connectivity index (χ1n) is 6.99. The van der Waals surface area contributed by atoms with Crippen LogP contribution in [0.4, 0.5) is 5.69 Å². The summed E-state index contributed by atoms with van der Waals surface area (Å²) in [6, 6.07) is 11.5. The van der Waals surface area contributed by atoms with E-state index in [1.165, 1.54) is 16.9 Å². The second kappa shape index (κ2) is 6.58. The number of pyridine rings is 1. The highest BCUT2D eigenvalue weighted by Gasteiger charge is 2.12. The van der Waals surface area contributed by atoms with Gasteiger partial charge < -0.3 is 10.1 Å².